The van der Waals surface area contributed by atoms with Gasteiger partial charge in [-0.3, -0.25) is 9.80 Å². The number of nitrogens with one attached hydrogen (secondary N) is 1. The number of H-pyrrole nitrogens is 1. The molecule has 0 saturated carbocycles. The molecule has 0 radical (unpaired) electrons. The second-order valence-corrected chi connectivity index (χ2v) is 7.84. The number of halogens is 2. The highest BCUT2D eigenvalue weighted by molar-refractivity contribution is 6.31. The number of aryl methyl sites for hydroxylation is 1. The lowest BCUT2D eigenvalue weighted by Crippen LogP contribution is -2.43. The van der Waals surface area contributed by atoms with E-state index in [1.54, 1.807) is 6.33 Å². The molecule has 6 heteroatoms. The summed E-state index contributed by atoms with van der Waals surface area (Å²) in [5.74, 6) is 0.406. The number of hydrogen-bond acceptors (Lipinski definition) is 3. The van der Waals surface area contributed by atoms with Crippen molar-refractivity contribution in [3.63, 3.8) is 0 Å². The van der Waals surface area contributed by atoms with Crippen molar-refractivity contribution >= 4 is 11.6 Å². The number of imidazole rings is 1. The van der Waals surface area contributed by atoms with Gasteiger partial charge in [0.1, 0.15) is 5.82 Å². The summed E-state index contributed by atoms with van der Waals surface area (Å²) in [6.07, 6.45) is 4.29. The Hall–Kier alpha value is -1.43. The van der Waals surface area contributed by atoms with Gasteiger partial charge >= 0.3 is 0 Å². The first-order chi connectivity index (χ1) is 12.1. The van der Waals surface area contributed by atoms with Crippen LogP contribution in [-0.2, 0) is 13.1 Å². The van der Waals surface area contributed by atoms with Gasteiger partial charge in [-0.05, 0) is 43.4 Å². The first-order valence-corrected chi connectivity index (χ1v) is 9.35. The van der Waals surface area contributed by atoms with Crippen molar-refractivity contribution in [3.05, 3.63) is 52.3 Å². The molecule has 25 heavy (non-hydrogen) atoms. The van der Waals surface area contributed by atoms with Crippen molar-refractivity contribution in [1.82, 2.24) is 19.8 Å². The fraction of sp³-hybridized carbons (Fsp3) is 0.526. The molecule has 3 aliphatic rings. The van der Waals surface area contributed by atoms with E-state index in [9.17, 15) is 4.39 Å². The van der Waals surface area contributed by atoms with E-state index in [-0.39, 0.29) is 5.82 Å². The van der Waals surface area contributed by atoms with Gasteiger partial charge in [0.15, 0.2) is 0 Å². The van der Waals surface area contributed by atoms with Gasteiger partial charge in [-0.2, -0.15) is 0 Å². The van der Waals surface area contributed by atoms with Gasteiger partial charge in [0.05, 0.1) is 12.0 Å². The summed E-state index contributed by atoms with van der Waals surface area (Å²) in [5, 5.41) is 0.532. The summed E-state index contributed by atoms with van der Waals surface area (Å²) in [5.41, 5.74) is 3.33. The Labute approximate surface area is 153 Å². The van der Waals surface area contributed by atoms with Crippen LogP contribution in [0.1, 0.15) is 29.8 Å². The Bertz CT molecular complexity index is 747. The molecule has 3 aliphatic heterocycles. The summed E-state index contributed by atoms with van der Waals surface area (Å²) in [4.78, 5) is 12.7. The second kappa shape index (κ2) is 7.06. The predicted molar refractivity (Wildman–Crippen MR) is 96.9 cm³/mol. The van der Waals surface area contributed by atoms with Crippen LogP contribution in [0.25, 0.3) is 0 Å². The molecule has 1 N–H and O–H groups in total. The third-order valence-electron chi connectivity index (χ3n) is 5.60. The largest absolute Gasteiger partial charge is 0.348 e. The molecule has 4 heterocycles. The zero-order chi connectivity index (χ0) is 17.4. The lowest BCUT2D eigenvalue weighted by Gasteiger charge is -2.36. The Morgan fingerprint density at radius 3 is 2.88 bits per heavy atom. The number of aromatic nitrogens is 2. The molecule has 0 spiro atoms. The second-order valence-electron chi connectivity index (χ2n) is 7.43. The van der Waals surface area contributed by atoms with Crippen LogP contribution in [-0.4, -0.2) is 45.4 Å². The van der Waals surface area contributed by atoms with Gasteiger partial charge in [0.25, 0.3) is 0 Å². The van der Waals surface area contributed by atoms with Gasteiger partial charge in [-0.15, -0.1) is 0 Å². The molecule has 0 unspecified atom stereocenters. The number of fused-ring (bicyclic) bond motifs is 4. The molecule has 1 aromatic carbocycles. The molecular weight excluding hydrogens is 339 g/mol. The van der Waals surface area contributed by atoms with Crippen molar-refractivity contribution in [2.75, 3.05) is 19.6 Å². The van der Waals surface area contributed by atoms with E-state index in [0.29, 0.717) is 17.0 Å². The first kappa shape index (κ1) is 17.0. The maximum atomic E-state index is 13.3. The van der Waals surface area contributed by atoms with E-state index in [2.05, 4.69) is 26.7 Å². The lowest BCUT2D eigenvalue weighted by molar-refractivity contribution is 0.123. The number of piperidine rings is 1. The van der Waals surface area contributed by atoms with E-state index >= 15 is 0 Å². The maximum absolute atomic E-state index is 13.3. The van der Waals surface area contributed by atoms with Crippen LogP contribution in [0.15, 0.2) is 24.5 Å². The van der Waals surface area contributed by atoms with E-state index in [0.717, 1.165) is 49.7 Å². The quantitative estimate of drug-likeness (QED) is 0.902. The molecule has 3 saturated heterocycles. The Balaban J connectivity index is 1.47. The predicted octanol–water partition coefficient (Wildman–Crippen LogP) is 3.61. The molecule has 2 aromatic rings. The topological polar surface area (TPSA) is 35.2 Å². The minimum Gasteiger partial charge on any atom is -0.348 e. The van der Waals surface area contributed by atoms with Crippen molar-refractivity contribution in [2.24, 2.45) is 5.92 Å². The number of hydrogen-bond donors (Lipinski definition) is 1. The van der Waals surface area contributed by atoms with Crippen LogP contribution in [0.5, 0.6) is 0 Å². The molecule has 1 aromatic heterocycles. The summed E-state index contributed by atoms with van der Waals surface area (Å²) >= 11 is 6.24. The monoisotopic (exact) mass is 362 g/mol. The molecule has 3 fully saturated rings. The van der Waals surface area contributed by atoms with Crippen LogP contribution in [0.4, 0.5) is 4.39 Å². The van der Waals surface area contributed by atoms with Gasteiger partial charge in [-0.1, -0.05) is 17.7 Å². The number of nitrogens with zero attached hydrogens (tertiary/aromatic N) is 3. The Morgan fingerprint density at radius 1 is 1.24 bits per heavy atom. The fourth-order valence-electron chi connectivity index (χ4n) is 4.23. The minimum absolute atomic E-state index is 0.272. The highest BCUT2D eigenvalue weighted by Crippen LogP contribution is 2.31. The normalized spacial score (nSPS) is 24.6. The first-order valence-electron chi connectivity index (χ1n) is 8.97. The Morgan fingerprint density at radius 2 is 2.12 bits per heavy atom. The van der Waals surface area contributed by atoms with Gasteiger partial charge in [0, 0.05) is 49.5 Å². The molecule has 5 rings (SSSR count). The maximum Gasteiger partial charge on any atom is 0.124 e. The molecule has 2 bridgehead atoms. The van der Waals surface area contributed by atoms with Crippen LogP contribution in [0.2, 0.25) is 5.02 Å². The van der Waals surface area contributed by atoms with E-state index in [4.69, 9.17) is 11.6 Å². The third kappa shape index (κ3) is 3.73. The number of aromatic amines is 1. The highest BCUT2D eigenvalue weighted by Gasteiger charge is 2.35. The zero-order valence-electron chi connectivity index (χ0n) is 14.5. The van der Waals surface area contributed by atoms with E-state index in [1.807, 2.05) is 6.07 Å². The van der Waals surface area contributed by atoms with Crippen molar-refractivity contribution < 1.29 is 4.39 Å². The van der Waals surface area contributed by atoms with Gasteiger partial charge < -0.3 is 4.98 Å². The zero-order valence-corrected chi connectivity index (χ0v) is 15.3. The standard InChI is InChI=1S/C19H24ClFN4/c1-13-19(23-12-22-13)11-24-7-14-2-5-17(10-24)25(8-14)9-15-3-4-16(21)6-18(15)20/h3-4,6,12,14,17H,2,5,7-11H2,1H3,(H,22,23)/t14-,17+/m1/s1. The summed E-state index contributed by atoms with van der Waals surface area (Å²) < 4.78 is 13.3. The van der Waals surface area contributed by atoms with Crippen LogP contribution >= 0.6 is 11.6 Å². The van der Waals surface area contributed by atoms with Crippen molar-refractivity contribution in [3.8, 4) is 0 Å². The fourth-order valence-corrected chi connectivity index (χ4v) is 4.45. The van der Waals surface area contributed by atoms with Crippen molar-refractivity contribution in [2.45, 2.75) is 38.9 Å². The lowest BCUT2D eigenvalue weighted by atomic mass is 9.94. The third-order valence-corrected chi connectivity index (χ3v) is 5.95. The van der Waals surface area contributed by atoms with Crippen LogP contribution < -0.4 is 0 Å². The number of benzene rings is 1. The smallest absolute Gasteiger partial charge is 0.124 e. The average Bonchev–Trinajstić information content (AvgIpc) is 2.79. The molecular formula is C19H24ClFN4. The van der Waals surface area contributed by atoms with Crippen molar-refractivity contribution in [1.29, 1.82) is 0 Å². The van der Waals surface area contributed by atoms with Gasteiger partial charge in [0.2, 0.25) is 0 Å². The van der Waals surface area contributed by atoms with E-state index < -0.39 is 0 Å². The minimum atomic E-state index is -0.272. The van der Waals surface area contributed by atoms with Gasteiger partial charge in [-0.25, -0.2) is 9.37 Å². The summed E-state index contributed by atoms with van der Waals surface area (Å²) in [6.45, 7) is 7.06. The molecule has 0 aliphatic carbocycles. The molecule has 2 atom stereocenters. The Kier molecular flexibility index (Phi) is 4.80. The van der Waals surface area contributed by atoms with Crippen LogP contribution in [0.3, 0.4) is 0 Å². The van der Waals surface area contributed by atoms with E-state index in [1.165, 1.54) is 25.0 Å². The molecule has 4 nitrogen and oxygen atoms in total. The molecule has 134 valence electrons. The summed E-state index contributed by atoms with van der Waals surface area (Å²) in [7, 11) is 0. The highest BCUT2D eigenvalue weighted by atomic mass is 35.5. The molecule has 0 amide bonds. The average molecular weight is 363 g/mol. The number of rotatable bonds is 4. The summed E-state index contributed by atoms with van der Waals surface area (Å²) in [6, 6.07) is 5.27. The van der Waals surface area contributed by atoms with Crippen LogP contribution in [0, 0.1) is 18.7 Å². The SMILES string of the molecule is Cc1[nH]cnc1CN1C[C@H]2CC[C@@H](C1)N(Cc1ccc(F)cc1Cl)C2.